The first-order valence-electron chi connectivity index (χ1n) is 15.5. The molecule has 0 spiro atoms. The zero-order valence-electron chi connectivity index (χ0n) is 27.4. The van der Waals surface area contributed by atoms with Crippen LogP contribution in [0.15, 0.2) is 182 Å². The number of carbonyl (C=O) groups excluding carboxylic acids is 1. The Balaban J connectivity index is 0.000000194. The van der Waals surface area contributed by atoms with Crippen molar-refractivity contribution in [2.75, 3.05) is 7.11 Å². The van der Waals surface area contributed by atoms with Crippen molar-refractivity contribution in [3.8, 4) is 0 Å². The second-order valence-electron chi connectivity index (χ2n) is 10.6. The van der Waals surface area contributed by atoms with Crippen molar-refractivity contribution in [3.05, 3.63) is 182 Å². The number of carboxylic acid groups (broad SMARTS) is 1. The summed E-state index contributed by atoms with van der Waals surface area (Å²) in [4.78, 5) is 21.6. The van der Waals surface area contributed by atoms with E-state index in [0.717, 1.165) is 15.9 Å². The minimum absolute atomic E-state index is 0.245. The standard InChI is InChI=1S/C21H19O2P.C18H15P.C3H6O2/c1-17(21(22)23)24(18-11-5-2-6-12-18,19-13-7-3-8-14-19)20-15-9-4-10-16-20;1-4-10-16(11-5-1)19(17-12-6-2-7-13-17)18-14-8-3-9-15-18;1-3(4)5-2/h2-16H,1H3,(H,22,23);1-15H;1-2H3. The summed E-state index contributed by atoms with van der Waals surface area (Å²) >= 11 is 0. The van der Waals surface area contributed by atoms with Gasteiger partial charge in [0.15, 0.2) is 0 Å². The molecular weight excluding hydrogens is 630 g/mol. The Hall–Kier alpha value is -5.01. The fourth-order valence-corrected chi connectivity index (χ4v) is 11.8. The van der Waals surface area contributed by atoms with E-state index in [0.29, 0.717) is 5.29 Å². The highest BCUT2D eigenvalue weighted by Gasteiger charge is 2.30. The van der Waals surface area contributed by atoms with Gasteiger partial charge in [0.2, 0.25) is 0 Å². The molecule has 48 heavy (non-hydrogen) atoms. The van der Waals surface area contributed by atoms with Gasteiger partial charge >= 0.3 is 11.9 Å². The van der Waals surface area contributed by atoms with Crippen LogP contribution in [0.5, 0.6) is 0 Å². The Labute approximate surface area is 285 Å². The van der Waals surface area contributed by atoms with E-state index in [9.17, 15) is 14.7 Å². The van der Waals surface area contributed by atoms with E-state index < -0.39 is 20.8 Å². The van der Waals surface area contributed by atoms with Crippen molar-refractivity contribution < 1.29 is 19.4 Å². The van der Waals surface area contributed by atoms with Crippen LogP contribution in [0.25, 0.3) is 0 Å². The maximum atomic E-state index is 12.1. The summed E-state index contributed by atoms with van der Waals surface area (Å²) in [5.74, 6) is -1.09. The van der Waals surface area contributed by atoms with Crippen LogP contribution >= 0.6 is 14.8 Å². The highest BCUT2D eigenvalue weighted by atomic mass is 31.2. The number of hydrogen-bond acceptors (Lipinski definition) is 3. The molecule has 0 fully saturated rings. The van der Waals surface area contributed by atoms with E-state index in [1.807, 2.05) is 91.0 Å². The molecule has 6 aromatic rings. The summed E-state index contributed by atoms with van der Waals surface area (Å²) in [6.07, 6.45) is 0. The van der Waals surface area contributed by atoms with Crippen LogP contribution in [0.4, 0.5) is 0 Å². The molecule has 0 aliphatic rings. The third-order valence-electron chi connectivity index (χ3n) is 7.57. The van der Waals surface area contributed by atoms with Gasteiger partial charge in [0.1, 0.15) is 0 Å². The van der Waals surface area contributed by atoms with Gasteiger partial charge in [0.25, 0.3) is 0 Å². The zero-order chi connectivity index (χ0) is 34.2. The molecule has 242 valence electrons. The molecule has 0 aliphatic heterocycles. The lowest BCUT2D eigenvalue weighted by Crippen LogP contribution is -2.32. The van der Waals surface area contributed by atoms with Gasteiger partial charge in [-0.1, -0.05) is 182 Å². The van der Waals surface area contributed by atoms with Crippen molar-refractivity contribution in [1.29, 1.82) is 0 Å². The number of carboxylic acids is 1. The lowest BCUT2D eigenvalue weighted by molar-refractivity contribution is -0.138. The van der Waals surface area contributed by atoms with Crippen LogP contribution in [0.1, 0.15) is 13.8 Å². The predicted molar refractivity (Wildman–Crippen MR) is 206 cm³/mol. The van der Waals surface area contributed by atoms with Crippen LogP contribution in [-0.4, -0.2) is 29.4 Å². The Bertz CT molecular complexity index is 1700. The number of methoxy groups -OCH3 is 1. The van der Waals surface area contributed by atoms with E-state index in [1.54, 1.807) is 6.92 Å². The van der Waals surface area contributed by atoms with Crippen LogP contribution in [0.2, 0.25) is 0 Å². The third-order valence-corrected chi connectivity index (χ3v) is 14.4. The van der Waals surface area contributed by atoms with Gasteiger partial charge in [-0.15, -0.1) is 0 Å². The summed E-state index contributed by atoms with van der Waals surface area (Å²) in [5.41, 5.74) is 0. The van der Waals surface area contributed by atoms with Gasteiger partial charge < -0.3 is 9.84 Å². The first-order valence-corrected chi connectivity index (χ1v) is 18.7. The third kappa shape index (κ3) is 9.07. The molecule has 0 bridgehead atoms. The highest BCUT2D eigenvalue weighted by Crippen LogP contribution is 2.46. The van der Waals surface area contributed by atoms with Crippen LogP contribution in [-0.2, 0) is 14.3 Å². The van der Waals surface area contributed by atoms with E-state index in [2.05, 4.69) is 95.7 Å². The smallest absolute Gasteiger partial charge is 0.332 e. The topological polar surface area (TPSA) is 63.6 Å². The van der Waals surface area contributed by atoms with Crippen LogP contribution < -0.4 is 31.8 Å². The summed E-state index contributed by atoms with van der Waals surface area (Å²) in [7, 11) is 0.904. The highest BCUT2D eigenvalue weighted by molar-refractivity contribution is 7.96. The minimum atomic E-state index is -2.38. The Morgan fingerprint density at radius 1 is 0.479 bits per heavy atom. The number of benzene rings is 6. The summed E-state index contributed by atoms with van der Waals surface area (Å²) in [6.45, 7) is 0.731. The van der Waals surface area contributed by atoms with Crippen molar-refractivity contribution in [2.45, 2.75) is 13.8 Å². The molecule has 6 aromatic carbocycles. The molecule has 0 heterocycles. The zero-order valence-corrected chi connectivity index (χ0v) is 29.2. The van der Waals surface area contributed by atoms with Gasteiger partial charge in [-0.3, -0.25) is 4.79 Å². The lowest BCUT2D eigenvalue weighted by atomic mass is 10.4. The normalized spacial score (nSPS) is 10.4. The molecule has 0 saturated carbocycles. The fraction of sp³-hybridized carbons (Fsp3) is 0.0714. The van der Waals surface area contributed by atoms with Crippen molar-refractivity contribution in [1.82, 2.24) is 0 Å². The molecule has 0 aliphatic carbocycles. The van der Waals surface area contributed by atoms with Gasteiger partial charge in [-0.2, -0.15) is 0 Å². The van der Waals surface area contributed by atoms with Crippen molar-refractivity contribution >= 4 is 63.9 Å². The van der Waals surface area contributed by atoms with Gasteiger partial charge in [-0.05, 0) is 53.6 Å². The largest absolute Gasteiger partial charge is 0.478 e. The number of carbonyl (C=O) groups is 2. The quantitative estimate of drug-likeness (QED) is 0.149. The first kappa shape index (κ1) is 35.8. The van der Waals surface area contributed by atoms with Crippen LogP contribution in [0.3, 0.4) is 0 Å². The maximum Gasteiger partial charge on any atom is 0.332 e. The van der Waals surface area contributed by atoms with E-state index in [-0.39, 0.29) is 5.97 Å². The van der Waals surface area contributed by atoms with Crippen molar-refractivity contribution in [2.24, 2.45) is 0 Å². The molecule has 0 saturated heterocycles. The van der Waals surface area contributed by atoms with Gasteiger partial charge in [0, 0.05) is 12.2 Å². The van der Waals surface area contributed by atoms with E-state index in [4.69, 9.17) is 0 Å². The first-order chi connectivity index (χ1) is 23.4. The molecule has 0 aromatic heterocycles. The average molecular weight is 671 g/mol. The SMILES string of the molecule is CC(C(=O)O)=P(c1ccccc1)(c1ccccc1)c1ccccc1.COC(C)=O.c1ccc(P(c2ccccc2)c2ccccc2)cc1. The minimum Gasteiger partial charge on any atom is -0.478 e. The molecular formula is C42H40O4P2. The molecule has 6 heteroatoms. The monoisotopic (exact) mass is 670 g/mol. The van der Waals surface area contributed by atoms with Crippen molar-refractivity contribution in [3.63, 3.8) is 0 Å². The Morgan fingerprint density at radius 3 is 0.917 bits per heavy atom. The van der Waals surface area contributed by atoms with Gasteiger partial charge in [-0.25, -0.2) is 4.79 Å². The fourth-order valence-electron chi connectivity index (χ4n) is 5.30. The number of hydrogen-bond donors (Lipinski definition) is 1. The maximum absolute atomic E-state index is 12.1. The Morgan fingerprint density at radius 2 is 0.708 bits per heavy atom. The molecule has 1 N–H and O–H groups in total. The number of rotatable bonds is 7. The van der Waals surface area contributed by atoms with Gasteiger partial charge in [0.05, 0.1) is 7.11 Å². The molecule has 0 amide bonds. The molecule has 6 rings (SSSR count). The summed E-state index contributed by atoms with van der Waals surface area (Å²) in [5, 5.41) is 17.8. The van der Waals surface area contributed by atoms with E-state index in [1.165, 1.54) is 29.9 Å². The average Bonchev–Trinajstić information content (AvgIpc) is 3.15. The van der Waals surface area contributed by atoms with Crippen LogP contribution in [0, 0.1) is 0 Å². The molecule has 0 unspecified atom stereocenters. The molecule has 0 radical (unpaired) electrons. The lowest BCUT2D eigenvalue weighted by Gasteiger charge is -2.30. The summed E-state index contributed by atoms with van der Waals surface area (Å²) < 4.78 is 4.11. The number of aliphatic carboxylic acids is 1. The Kier molecular flexibility index (Phi) is 13.7. The van der Waals surface area contributed by atoms with E-state index >= 15 is 0 Å². The number of esters is 1. The second kappa shape index (κ2) is 18.4. The molecule has 4 nitrogen and oxygen atoms in total. The summed E-state index contributed by atoms with van der Waals surface area (Å²) in [6, 6.07) is 62.3. The molecule has 0 atom stereocenters. The number of ether oxygens (including phenoxy) is 1. The predicted octanol–water partition coefficient (Wildman–Crippen LogP) is 6.88. The second-order valence-corrected chi connectivity index (χ2v) is 16.4.